The van der Waals surface area contributed by atoms with Gasteiger partial charge in [-0.2, -0.15) is 0 Å². The first-order valence-electron chi connectivity index (χ1n) is 10.5. The van der Waals surface area contributed by atoms with Crippen LogP contribution in [0.15, 0.2) is 29.3 Å². The Kier molecular flexibility index (Phi) is 11.1. The van der Waals surface area contributed by atoms with Crippen LogP contribution in [-0.2, 0) is 9.53 Å². The third kappa shape index (κ3) is 8.28. The zero-order chi connectivity index (χ0) is 21.3. The van der Waals surface area contributed by atoms with E-state index in [1.165, 1.54) is 0 Å². The monoisotopic (exact) mass is 565 g/mol. The summed E-state index contributed by atoms with van der Waals surface area (Å²) in [5, 5.41) is 4.06. The maximum Gasteiger partial charge on any atom is 0.243 e. The molecule has 0 aliphatic carbocycles. The Labute approximate surface area is 206 Å². The molecule has 0 saturated carbocycles. The topological polar surface area (TPSA) is 69.6 Å². The minimum Gasteiger partial charge on any atom is -0.487 e. The number of carbonyl (C=O) groups is 1. The summed E-state index contributed by atoms with van der Waals surface area (Å²) in [6, 6.07) is 7.52. The number of carbonyl (C=O) groups excluding carboxylic acids is 1. The van der Waals surface area contributed by atoms with E-state index < -0.39 is 0 Å². The molecule has 2 heterocycles. The Morgan fingerprint density at radius 1 is 1.29 bits per heavy atom. The van der Waals surface area contributed by atoms with Gasteiger partial charge in [0.25, 0.3) is 0 Å². The molecule has 1 N–H and O–H groups in total. The van der Waals surface area contributed by atoms with E-state index in [9.17, 15) is 4.79 Å². The van der Waals surface area contributed by atoms with Gasteiger partial charge in [0.15, 0.2) is 5.96 Å². The van der Waals surface area contributed by atoms with Crippen molar-refractivity contribution < 1.29 is 14.3 Å². The number of amides is 1. The highest BCUT2D eigenvalue weighted by molar-refractivity contribution is 14.0. The van der Waals surface area contributed by atoms with E-state index in [1.54, 1.807) is 19.0 Å². The highest BCUT2D eigenvalue weighted by Crippen LogP contribution is 2.26. The summed E-state index contributed by atoms with van der Waals surface area (Å²) in [6.07, 6.45) is 0.900. The molecule has 10 heteroatoms. The number of morpholine rings is 1. The minimum atomic E-state index is -0.0226. The normalized spacial score (nSPS) is 19.6. The van der Waals surface area contributed by atoms with Crippen molar-refractivity contribution in [3.8, 4) is 5.75 Å². The zero-order valence-corrected chi connectivity index (χ0v) is 21.3. The summed E-state index contributed by atoms with van der Waals surface area (Å²) in [5.74, 6) is 1.43. The molecule has 2 aliphatic rings. The lowest BCUT2D eigenvalue weighted by atomic mass is 10.3. The average Bonchev–Trinajstić information content (AvgIpc) is 3.21. The van der Waals surface area contributed by atoms with Crippen molar-refractivity contribution in [2.24, 2.45) is 4.99 Å². The van der Waals surface area contributed by atoms with E-state index in [-0.39, 0.29) is 42.5 Å². The Morgan fingerprint density at radius 2 is 2.03 bits per heavy atom. The van der Waals surface area contributed by atoms with Crippen LogP contribution in [0.4, 0.5) is 0 Å². The number of likely N-dealkylation sites (tertiary alicyclic amines) is 1. The van der Waals surface area contributed by atoms with Gasteiger partial charge in [-0.1, -0.05) is 23.7 Å². The molecule has 0 spiro atoms. The summed E-state index contributed by atoms with van der Waals surface area (Å²) in [4.78, 5) is 22.7. The third-order valence-corrected chi connectivity index (χ3v) is 5.56. The first kappa shape index (κ1) is 26.0. The van der Waals surface area contributed by atoms with Gasteiger partial charge in [-0.15, -0.1) is 24.0 Å². The molecule has 0 radical (unpaired) electrons. The van der Waals surface area contributed by atoms with Crippen LogP contribution >= 0.6 is 35.6 Å². The van der Waals surface area contributed by atoms with Gasteiger partial charge in [0, 0.05) is 53.2 Å². The zero-order valence-electron chi connectivity index (χ0n) is 18.3. The largest absolute Gasteiger partial charge is 0.487 e. The van der Waals surface area contributed by atoms with Gasteiger partial charge in [0.1, 0.15) is 18.4 Å². The fourth-order valence-corrected chi connectivity index (χ4v) is 3.62. The van der Waals surface area contributed by atoms with Gasteiger partial charge in [-0.3, -0.25) is 9.69 Å². The molecule has 8 nitrogen and oxygen atoms in total. The van der Waals surface area contributed by atoms with Crippen LogP contribution in [0.25, 0.3) is 0 Å². The first-order valence-corrected chi connectivity index (χ1v) is 10.9. The van der Waals surface area contributed by atoms with Crippen LogP contribution in [0.3, 0.4) is 0 Å². The van der Waals surface area contributed by atoms with Gasteiger partial charge in [0.2, 0.25) is 5.91 Å². The van der Waals surface area contributed by atoms with Crippen LogP contribution in [0.5, 0.6) is 5.75 Å². The average molecular weight is 566 g/mol. The number of nitrogens with zero attached hydrogens (tertiary/aromatic N) is 4. The number of benzene rings is 1. The van der Waals surface area contributed by atoms with Gasteiger partial charge in [-0.05, 0) is 12.1 Å². The van der Waals surface area contributed by atoms with Crippen molar-refractivity contribution in [2.75, 3.05) is 73.1 Å². The predicted molar refractivity (Wildman–Crippen MR) is 134 cm³/mol. The summed E-state index contributed by atoms with van der Waals surface area (Å²) < 4.78 is 11.5. The van der Waals surface area contributed by atoms with Crippen LogP contribution in [0, 0.1) is 0 Å². The van der Waals surface area contributed by atoms with E-state index in [0.29, 0.717) is 17.3 Å². The Hall–Kier alpha value is -1.30. The molecule has 31 heavy (non-hydrogen) atoms. The van der Waals surface area contributed by atoms with Crippen molar-refractivity contribution in [1.29, 1.82) is 0 Å². The first-order chi connectivity index (χ1) is 14.5. The summed E-state index contributed by atoms with van der Waals surface area (Å²) >= 11 is 6.23. The molecular formula is C21H33ClIN5O3. The Bertz CT molecular complexity index is 731. The maximum absolute atomic E-state index is 12.0. The van der Waals surface area contributed by atoms with Gasteiger partial charge < -0.3 is 24.6 Å². The van der Waals surface area contributed by atoms with Gasteiger partial charge in [-0.25, -0.2) is 4.99 Å². The van der Waals surface area contributed by atoms with Crippen molar-refractivity contribution in [1.82, 2.24) is 20.0 Å². The molecule has 1 aromatic rings. The number of nitrogens with one attached hydrogen (secondary N) is 1. The molecule has 174 valence electrons. The van der Waals surface area contributed by atoms with Crippen molar-refractivity contribution in [3.05, 3.63) is 29.3 Å². The van der Waals surface area contributed by atoms with Crippen LogP contribution < -0.4 is 10.1 Å². The number of rotatable bonds is 7. The van der Waals surface area contributed by atoms with Crippen molar-refractivity contribution in [3.63, 3.8) is 0 Å². The molecule has 2 saturated heterocycles. The number of ether oxygens (including phenoxy) is 2. The number of guanidine groups is 1. The van der Waals surface area contributed by atoms with Crippen LogP contribution in [0.2, 0.25) is 5.02 Å². The van der Waals surface area contributed by atoms with Crippen LogP contribution in [-0.4, -0.2) is 106 Å². The summed E-state index contributed by atoms with van der Waals surface area (Å²) in [5.41, 5.74) is 0. The second-order valence-corrected chi connectivity index (χ2v) is 8.12. The van der Waals surface area contributed by atoms with Gasteiger partial charge >= 0.3 is 0 Å². The number of hydrogen-bond acceptors (Lipinski definition) is 5. The molecule has 1 amide bonds. The highest BCUT2D eigenvalue weighted by Gasteiger charge is 2.27. The number of hydrogen-bond donors (Lipinski definition) is 1. The van der Waals surface area contributed by atoms with Gasteiger partial charge in [0.05, 0.1) is 24.8 Å². The molecule has 0 bridgehead atoms. The lowest BCUT2D eigenvalue weighted by molar-refractivity contribution is -0.127. The van der Waals surface area contributed by atoms with Crippen molar-refractivity contribution >= 4 is 47.4 Å². The predicted octanol–water partition coefficient (Wildman–Crippen LogP) is 1.78. The maximum atomic E-state index is 12.0. The van der Waals surface area contributed by atoms with Crippen LogP contribution in [0.1, 0.15) is 6.42 Å². The molecule has 1 unspecified atom stereocenters. The van der Waals surface area contributed by atoms with E-state index in [2.05, 4.69) is 20.1 Å². The lowest BCUT2D eigenvalue weighted by Crippen LogP contribution is -2.46. The Morgan fingerprint density at radius 3 is 2.74 bits per heavy atom. The fourth-order valence-electron chi connectivity index (χ4n) is 3.44. The van der Waals surface area contributed by atoms with E-state index >= 15 is 0 Å². The second kappa shape index (κ2) is 13.3. The SMILES string of the molecule is CN(C)C(=O)CN=C(NCCN1CCOCC1)N1CCC(Oc2ccccc2Cl)C1.I. The summed E-state index contributed by atoms with van der Waals surface area (Å²) in [7, 11) is 3.49. The molecule has 1 aromatic carbocycles. The second-order valence-electron chi connectivity index (χ2n) is 7.71. The smallest absolute Gasteiger partial charge is 0.243 e. The van der Waals surface area contributed by atoms with E-state index in [1.807, 2.05) is 24.3 Å². The molecular weight excluding hydrogens is 533 g/mol. The van der Waals surface area contributed by atoms with E-state index in [0.717, 1.165) is 58.3 Å². The number of aliphatic imine (C=N–C) groups is 1. The molecule has 1 atom stereocenters. The summed E-state index contributed by atoms with van der Waals surface area (Å²) in [6.45, 7) is 6.78. The molecule has 2 aliphatic heterocycles. The molecule has 2 fully saturated rings. The fraction of sp³-hybridized carbons (Fsp3) is 0.619. The van der Waals surface area contributed by atoms with Crippen molar-refractivity contribution in [2.45, 2.75) is 12.5 Å². The molecule has 3 rings (SSSR count). The lowest BCUT2D eigenvalue weighted by Gasteiger charge is -2.28. The number of halogens is 2. The number of likely N-dealkylation sites (N-methyl/N-ethyl adjacent to an activating group) is 1. The Balaban J connectivity index is 0.00000341. The van der Waals surface area contributed by atoms with E-state index in [4.69, 9.17) is 21.1 Å². The molecule has 0 aromatic heterocycles. The number of para-hydroxylation sites is 1. The third-order valence-electron chi connectivity index (χ3n) is 5.25. The minimum absolute atomic E-state index is 0. The standard InChI is InChI=1S/C21H32ClN5O3.HI/c1-25(2)20(28)15-24-21(23-8-10-26-11-13-29-14-12-26)27-9-7-17(16-27)30-19-6-4-3-5-18(19)22;/h3-6,17H,7-16H2,1-2H3,(H,23,24);1H. The quantitative estimate of drug-likeness (QED) is 0.309. The highest BCUT2D eigenvalue weighted by atomic mass is 127.